The number of thiophene rings is 1. The summed E-state index contributed by atoms with van der Waals surface area (Å²) in [5.74, 6) is -0.397. The number of anilines is 1. The van der Waals surface area contributed by atoms with Crippen LogP contribution in [0, 0.1) is 0 Å². The molecule has 1 aliphatic heterocycles. The van der Waals surface area contributed by atoms with Gasteiger partial charge in [-0.15, -0.1) is 11.3 Å². The lowest BCUT2D eigenvalue weighted by Gasteiger charge is -2.29. The molecule has 0 radical (unpaired) electrons. The molecule has 1 aromatic heterocycles. The highest BCUT2D eigenvalue weighted by Crippen LogP contribution is 2.24. The predicted octanol–water partition coefficient (Wildman–Crippen LogP) is 2.01. The molecule has 0 atom stereocenters. The van der Waals surface area contributed by atoms with Crippen molar-refractivity contribution in [3.8, 4) is 0 Å². The summed E-state index contributed by atoms with van der Waals surface area (Å²) >= 11 is 1.79. The molecule has 1 aliphatic rings. The highest BCUT2D eigenvalue weighted by atomic mass is 32.1. The van der Waals surface area contributed by atoms with Gasteiger partial charge < -0.3 is 10.6 Å². The average molecular weight is 343 g/mol. The monoisotopic (exact) mass is 343 g/mol. The van der Waals surface area contributed by atoms with E-state index in [-0.39, 0.29) is 12.3 Å². The number of carbonyl (C=O) groups excluding carboxylic acids is 2. The third-order valence-electron chi connectivity index (χ3n) is 4.20. The number of nitrogens with zero attached hydrogens (tertiary/aromatic N) is 2. The van der Waals surface area contributed by atoms with Gasteiger partial charge in [-0.3, -0.25) is 14.5 Å². The Morgan fingerprint density at radius 2 is 2.00 bits per heavy atom. The first kappa shape index (κ1) is 16.7. The molecule has 0 spiro atoms. The van der Waals surface area contributed by atoms with E-state index in [1.165, 1.54) is 10.4 Å². The lowest BCUT2D eigenvalue weighted by Crippen LogP contribution is -2.43. The molecule has 0 saturated heterocycles. The third kappa shape index (κ3) is 4.01. The van der Waals surface area contributed by atoms with Crippen LogP contribution in [0.25, 0.3) is 0 Å². The van der Waals surface area contributed by atoms with Gasteiger partial charge in [-0.1, -0.05) is 18.2 Å². The summed E-state index contributed by atoms with van der Waals surface area (Å²) < 4.78 is 0. The minimum absolute atomic E-state index is 0.00105. The second kappa shape index (κ2) is 7.59. The van der Waals surface area contributed by atoms with E-state index in [4.69, 9.17) is 5.73 Å². The zero-order valence-electron chi connectivity index (χ0n) is 13.5. The van der Waals surface area contributed by atoms with E-state index in [1.54, 1.807) is 16.2 Å². The summed E-state index contributed by atoms with van der Waals surface area (Å²) in [7, 11) is 0. The van der Waals surface area contributed by atoms with Gasteiger partial charge in [-0.25, -0.2) is 0 Å². The summed E-state index contributed by atoms with van der Waals surface area (Å²) in [6, 6.07) is 11.6. The molecular formula is C18H21N3O2S. The molecule has 0 aliphatic carbocycles. The van der Waals surface area contributed by atoms with Crippen LogP contribution in [0.1, 0.15) is 16.9 Å². The van der Waals surface area contributed by atoms with Gasteiger partial charge in [0, 0.05) is 36.6 Å². The molecule has 2 N–H and O–H groups in total. The predicted molar refractivity (Wildman–Crippen MR) is 95.9 cm³/mol. The largest absolute Gasteiger partial charge is 0.370 e. The van der Waals surface area contributed by atoms with Gasteiger partial charge in [0.15, 0.2) is 0 Å². The number of primary amides is 1. The number of nitrogens with two attached hydrogens (primary N) is 1. The van der Waals surface area contributed by atoms with Gasteiger partial charge in [0.05, 0.1) is 6.54 Å². The topological polar surface area (TPSA) is 66.6 Å². The number of carbonyl (C=O) groups is 2. The summed E-state index contributed by atoms with van der Waals surface area (Å²) in [5.41, 5.74) is 7.38. The molecule has 2 heterocycles. The van der Waals surface area contributed by atoms with Gasteiger partial charge in [0.25, 0.3) is 0 Å². The average Bonchev–Trinajstić information content (AvgIpc) is 3.03. The van der Waals surface area contributed by atoms with E-state index in [2.05, 4.69) is 16.3 Å². The molecule has 3 rings (SSSR count). The second-order valence-corrected chi connectivity index (χ2v) is 6.93. The Hall–Kier alpha value is -2.18. The van der Waals surface area contributed by atoms with Crippen LogP contribution < -0.4 is 10.6 Å². The van der Waals surface area contributed by atoms with Crippen molar-refractivity contribution in [3.63, 3.8) is 0 Å². The number of para-hydroxylation sites is 1. The molecule has 0 saturated carbocycles. The van der Waals surface area contributed by atoms with E-state index in [1.807, 2.05) is 30.3 Å². The van der Waals surface area contributed by atoms with Crippen molar-refractivity contribution in [2.75, 3.05) is 24.5 Å². The van der Waals surface area contributed by atoms with Gasteiger partial charge >= 0.3 is 0 Å². The Bertz CT molecular complexity index is 714. The van der Waals surface area contributed by atoms with Crippen LogP contribution in [0.2, 0.25) is 0 Å². The Morgan fingerprint density at radius 3 is 2.75 bits per heavy atom. The molecule has 0 unspecified atom stereocenters. The molecule has 126 valence electrons. The van der Waals surface area contributed by atoms with Crippen molar-refractivity contribution in [1.29, 1.82) is 0 Å². The Kier molecular flexibility index (Phi) is 5.27. The molecule has 2 amide bonds. The number of hydrogen-bond acceptors (Lipinski definition) is 4. The maximum absolute atomic E-state index is 12.8. The van der Waals surface area contributed by atoms with Crippen molar-refractivity contribution in [2.45, 2.75) is 19.4 Å². The van der Waals surface area contributed by atoms with Crippen molar-refractivity contribution in [1.82, 2.24) is 4.90 Å². The van der Waals surface area contributed by atoms with Gasteiger partial charge in [-0.2, -0.15) is 0 Å². The van der Waals surface area contributed by atoms with E-state index in [9.17, 15) is 9.59 Å². The minimum Gasteiger partial charge on any atom is -0.370 e. The molecule has 2 aromatic rings. The maximum Gasteiger partial charge on any atom is 0.241 e. The van der Waals surface area contributed by atoms with Gasteiger partial charge in [0.1, 0.15) is 0 Å². The number of hydrogen-bond donors (Lipinski definition) is 1. The quantitative estimate of drug-likeness (QED) is 0.872. The Labute approximate surface area is 145 Å². The van der Waals surface area contributed by atoms with E-state index in [0.717, 1.165) is 25.2 Å². The standard InChI is InChI=1S/C18H21N3O2S/c19-17(22)7-10-21(15-4-2-1-3-5-15)18(23)13-20-9-6-16-14(12-20)8-11-24-16/h1-5,8,11H,6-7,9-10,12-13H2,(H2,19,22). The molecule has 5 nitrogen and oxygen atoms in total. The first-order chi connectivity index (χ1) is 11.6. The number of rotatable bonds is 6. The van der Waals surface area contributed by atoms with Gasteiger partial charge in [0.2, 0.25) is 11.8 Å². The molecule has 1 aromatic carbocycles. The van der Waals surface area contributed by atoms with E-state index in [0.29, 0.717) is 13.1 Å². The number of benzene rings is 1. The molecule has 6 heteroatoms. The lowest BCUT2D eigenvalue weighted by atomic mass is 10.1. The zero-order chi connectivity index (χ0) is 16.9. The van der Waals surface area contributed by atoms with E-state index < -0.39 is 5.91 Å². The normalized spacial score (nSPS) is 14.2. The smallest absolute Gasteiger partial charge is 0.241 e. The fourth-order valence-corrected chi connectivity index (χ4v) is 3.84. The maximum atomic E-state index is 12.8. The van der Waals surface area contributed by atoms with Crippen LogP contribution in [-0.2, 0) is 22.6 Å². The fraction of sp³-hybridized carbons (Fsp3) is 0.333. The minimum atomic E-state index is -0.399. The zero-order valence-corrected chi connectivity index (χ0v) is 14.3. The summed E-state index contributed by atoms with van der Waals surface area (Å²) in [4.78, 5) is 29.2. The number of fused-ring (bicyclic) bond motifs is 1. The van der Waals surface area contributed by atoms with Crippen LogP contribution in [0.3, 0.4) is 0 Å². The molecule has 0 fully saturated rings. The second-order valence-electron chi connectivity index (χ2n) is 5.93. The molecule has 0 bridgehead atoms. The third-order valence-corrected chi connectivity index (χ3v) is 5.22. The van der Waals surface area contributed by atoms with Crippen molar-refractivity contribution in [3.05, 3.63) is 52.2 Å². The van der Waals surface area contributed by atoms with Gasteiger partial charge in [-0.05, 0) is 35.6 Å². The number of amides is 2. The van der Waals surface area contributed by atoms with Crippen molar-refractivity contribution >= 4 is 28.8 Å². The Morgan fingerprint density at radius 1 is 1.21 bits per heavy atom. The SMILES string of the molecule is NC(=O)CCN(C(=O)CN1CCc2sccc2C1)c1ccccc1. The van der Waals surface area contributed by atoms with E-state index >= 15 is 0 Å². The lowest BCUT2D eigenvalue weighted by molar-refractivity contribution is -0.120. The first-order valence-electron chi connectivity index (χ1n) is 8.05. The molecular weight excluding hydrogens is 322 g/mol. The van der Waals surface area contributed by atoms with Crippen LogP contribution in [-0.4, -0.2) is 36.3 Å². The molecule has 24 heavy (non-hydrogen) atoms. The first-order valence-corrected chi connectivity index (χ1v) is 8.93. The van der Waals surface area contributed by atoms with Crippen LogP contribution in [0.4, 0.5) is 5.69 Å². The highest BCUT2D eigenvalue weighted by molar-refractivity contribution is 7.10. The van der Waals surface area contributed by atoms with Crippen molar-refractivity contribution < 1.29 is 9.59 Å². The highest BCUT2D eigenvalue weighted by Gasteiger charge is 2.23. The van der Waals surface area contributed by atoms with Crippen LogP contribution in [0.15, 0.2) is 41.8 Å². The summed E-state index contributed by atoms with van der Waals surface area (Å²) in [5, 5.41) is 2.11. The van der Waals surface area contributed by atoms with Crippen LogP contribution in [0.5, 0.6) is 0 Å². The summed E-state index contributed by atoms with van der Waals surface area (Å²) in [6.07, 6.45) is 1.15. The summed E-state index contributed by atoms with van der Waals surface area (Å²) in [6.45, 7) is 2.36. The van der Waals surface area contributed by atoms with Crippen molar-refractivity contribution in [2.24, 2.45) is 5.73 Å². The fourth-order valence-electron chi connectivity index (χ4n) is 2.95. The van der Waals surface area contributed by atoms with Crippen LogP contribution >= 0.6 is 11.3 Å². The Balaban J connectivity index is 1.68.